The van der Waals surface area contributed by atoms with Crippen molar-refractivity contribution in [2.75, 3.05) is 0 Å². The molecule has 0 saturated heterocycles. The van der Waals surface area contributed by atoms with Gasteiger partial charge in [0.05, 0.1) is 4.88 Å². The molecule has 1 fully saturated rings. The Bertz CT molecular complexity index is 728. The van der Waals surface area contributed by atoms with E-state index in [0.29, 0.717) is 12.6 Å². The molecule has 4 heteroatoms. The van der Waals surface area contributed by atoms with Crippen molar-refractivity contribution in [3.05, 3.63) is 40.8 Å². The molecule has 2 aliphatic rings. The average molecular weight is 313 g/mol. The molecule has 1 aliphatic heterocycles. The molecule has 114 valence electrons. The van der Waals surface area contributed by atoms with Crippen LogP contribution in [0.3, 0.4) is 0 Å². The zero-order valence-corrected chi connectivity index (χ0v) is 13.7. The van der Waals surface area contributed by atoms with Crippen molar-refractivity contribution in [3.8, 4) is 16.2 Å². The van der Waals surface area contributed by atoms with E-state index in [1.54, 1.807) is 11.3 Å². The van der Waals surface area contributed by atoms with Crippen LogP contribution in [0.1, 0.15) is 41.9 Å². The lowest BCUT2D eigenvalue weighted by Gasteiger charge is -2.26. The Hall–Kier alpha value is -1.81. The minimum absolute atomic E-state index is 0.175. The maximum Gasteiger partial charge on any atom is 0.264 e. The molecule has 3 nitrogen and oxygen atoms in total. The summed E-state index contributed by atoms with van der Waals surface area (Å²) < 4.78 is 5.79. The van der Waals surface area contributed by atoms with Crippen LogP contribution >= 0.6 is 11.3 Å². The van der Waals surface area contributed by atoms with Crippen molar-refractivity contribution in [3.63, 3.8) is 0 Å². The summed E-state index contributed by atoms with van der Waals surface area (Å²) in [6.07, 6.45) is 2.28. The molecule has 0 unspecified atom stereocenters. The molecule has 1 aromatic carbocycles. The third-order valence-electron chi connectivity index (χ3n) is 4.27. The highest BCUT2D eigenvalue weighted by atomic mass is 32.1. The van der Waals surface area contributed by atoms with Crippen LogP contribution in [-0.4, -0.2) is 22.9 Å². The van der Waals surface area contributed by atoms with Crippen LogP contribution in [0.15, 0.2) is 30.3 Å². The van der Waals surface area contributed by atoms with E-state index in [9.17, 15) is 4.79 Å². The van der Waals surface area contributed by atoms with Gasteiger partial charge in [-0.2, -0.15) is 0 Å². The topological polar surface area (TPSA) is 29.5 Å². The molecule has 22 heavy (non-hydrogen) atoms. The van der Waals surface area contributed by atoms with Gasteiger partial charge in [0.25, 0.3) is 5.91 Å². The quantitative estimate of drug-likeness (QED) is 0.844. The third kappa shape index (κ3) is 2.22. The lowest BCUT2D eigenvalue weighted by Crippen LogP contribution is -2.38. The smallest absolute Gasteiger partial charge is 0.264 e. The van der Waals surface area contributed by atoms with Crippen LogP contribution in [0.5, 0.6) is 5.75 Å². The molecule has 4 rings (SSSR count). The standard InChI is InChI=1S/C18H19NO2S/c1-11(2)19(13-7-8-13)18(20)16-9-12-10-21-15-6-4-3-5-14(15)17(12)22-16/h3-6,9,11,13H,7-8,10H2,1-2H3. The van der Waals surface area contributed by atoms with E-state index >= 15 is 0 Å². The molecule has 0 spiro atoms. The number of hydrogen-bond donors (Lipinski definition) is 0. The monoisotopic (exact) mass is 313 g/mol. The second kappa shape index (κ2) is 5.13. The van der Waals surface area contributed by atoms with Gasteiger partial charge in [-0.15, -0.1) is 11.3 Å². The number of carbonyl (C=O) groups is 1. The maximum atomic E-state index is 12.9. The molecular formula is C18H19NO2S. The fraction of sp³-hybridized carbons (Fsp3) is 0.389. The van der Waals surface area contributed by atoms with E-state index < -0.39 is 0 Å². The van der Waals surface area contributed by atoms with Crippen molar-refractivity contribution in [1.82, 2.24) is 4.90 Å². The van der Waals surface area contributed by atoms with Gasteiger partial charge in [0, 0.05) is 28.1 Å². The summed E-state index contributed by atoms with van der Waals surface area (Å²) in [5, 5.41) is 0. The van der Waals surface area contributed by atoms with Gasteiger partial charge in [0.1, 0.15) is 12.4 Å². The van der Waals surface area contributed by atoms with Crippen LogP contribution in [0.4, 0.5) is 0 Å². The highest BCUT2D eigenvalue weighted by molar-refractivity contribution is 7.17. The third-order valence-corrected chi connectivity index (χ3v) is 5.46. The first-order valence-corrected chi connectivity index (χ1v) is 8.64. The predicted octanol–water partition coefficient (Wildman–Crippen LogP) is 4.32. The Labute approximate surface area is 134 Å². The summed E-state index contributed by atoms with van der Waals surface area (Å²) in [7, 11) is 0. The fourth-order valence-corrected chi connectivity index (χ4v) is 4.25. The van der Waals surface area contributed by atoms with Crippen LogP contribution < -0.4 is 4.74 Å². The Morgan fingerprint density at radius 2 is 2.09 bits per heavy atom. The Morgan fingerprint density at radius 3 is 2.82 bits per heavy atom. The van der Waals surface area contributed by atoms with Crippen LogP contribution in [-0.2, 0) is 6.61 Å². The van der Waals surface area contributed by atoms with Gasteiger partial charge in [-0.05, 0) is 44.9 Å². The van der Waals surface area contributed by atoms with E-state index in [4.69, 9.17) is 4.74 Å². The number of benzene rings is 1. The van der Waals surface area contributed by atoms with Crippen LogP contribution in [0.2, 0.25) is 0 Å². The molecule has 0 radical (unpaired) electrons. The normalized spacial score (nSPS) is 16.0. The summed E-state index contributed by atoms with van der Waals surface area (Å²) in [5.74, 6) is 1.09. The molecule has 1 aliphatic carbocycles. The maximum absolute atomic E-state index is 12.9. The van der Waals surface area contributed by atoms with E-state index in [0.717, 1.165) is 34.6 Å². The van der Waals surface area contributed by atoms with Crippen molar-refractivity contribution in [1.29, 1.82) is 0 Å². The largest absolute Gasteiger partial charge is 0.488 e. The number of nitrogens with zero attached hydrogens (tertiary/aromatic N) is 1. The van der Waals surface area contributed by atoms with Crippen LogP contribution in [0, 0.1) is 0 Å². The number of thiophene rings is 1. The van der Waals surface area contributed by atoms with E-state index in [-0.39, 0.29) is 11.9 Å². The number of hydrogen-bond acceptors (Lipinski definition) is 3. The Balaban J connectivity index is 1.71. The fourth-order valence-electron chi connectivity index (χ4n) is 3.11. The van der Waals surface area contributed by atoms with Gasteiger partial charge in [-0.3, -0.25) is 4.79 Å². The number of rotatable bonds is 3. The number of para-hydroxylation sites is 1. The summed E-state index contributed by atoms with van der Waals surface area (Å²) in [6.45, 7) is 4.76. The Kier molecular flexibility index (Phi) is 3.22. The number of ether oxygens (including phenoxy) is 1. The second-order valence-electron chi connectivity index (χ2n) is 6.29. The van der Waals surface area contributed by atoms with Crippen molar-refractivity contribution < 1.29 is 9.53 Å². The zero-order chi connectivity index (χ0) is 15.3. The van der Waals surface area contributed by atoms with Crippen molar-refractivity contribution >= 4 is 17.2 Å². The lowest BCUT2D eigenvalue weighted by atomic mass is 10.1. The zero-order valence-electron chi connectivity index (χ0n) is 12.8. The molecule has 0 atom stereocenters. The summed E-state index contributed by atoms with van der Waals surface area (Å²) in [6, 6.07) is 10.8. The Morgan fingerprint density at radius 1 is 1.32 bits per heavy atom. The highest BCUT2D eigenvalue weighted by Gasteiger charge is 2.36. The van der Waals surface area contributed by atoms with E-state index in [1.165, 1.54) is 4.88 Å². The van der Waals surface area contributed by atoms with Crippen LogP contribution in [0.25, 0.3) is 10.4 Å². The lowest BCUT2D eigenvalue weighted by molar-refractivity contribution is 0.0695. The summed E-state index contributed by atoms with van der Waals surface area (Å²) >= 11 is 1.61. The number of fused-ring (bicyclic) bond motifs is 3. The molecule has 0 bridgehead atoms. The first-order valence-electron chi connectivity index (χ1n) is 7.82. The van der Waals surface area contributed by atoms with Gasteiger partial charge in [-0.25, -0.2) is 0 Å². The van der Waals surface area contributed by atoms with Gasteiger partial charge in [-0.1, -0.05) is 12.1 Å². The van der Waals surface area contributed by atoms with E-state index in [2.05, 4.69) is 19.9 Å². The first kappa shape index (κ1) is 13.8. The molecule has 0 N–H and O–H groups in total. The predicted molar refractivity (Wildman–Crippen MR) is 88.4 cm³/mol. The summed E-state index contributed by atoms with van der Waals surface area (Å²) in [4.78, 5) is 17.0. The van der Waals surface area contributed by atoms with Gasteiger partial charge in [0.15, 0.2) is 0 Å². The number of amides is 1. The van der Waals surface area contributed by atoms with Gasteiger partial charge in [0.2, 0.25) is 0 Å². The SMILES string of the molecule is CC(C)N(C(=O)c1cc2c(s1)-c1ccccc1OC2)C1CC1. The molecule has 1 saturated carbocycles. The van der Waals surface area contributed by atoms with Gasteiger partial charge >= 0.3 is 0 Å². The summed E-state index contributed by atoms with van der Waals surface area (Å²) in [5.41, 5.74) is 2.24. The van der Waals surface area contributed by atoms with E-state index in [1.807, 2.05) is 29.2 Å². The average Bonchev–Trinajstić information content (AvgIpc) is 3.23. The molecular weight excluding hydrogens is 294 g/mol. The highest BCUT2D eigenvalue weighted by Crippen LogP contribution is 2.43. The number of carbonyl (C=O) groups excluding carboxylic acids is 1. The first-order chi connectivity index (χ1) is 10.6. The molecule has 2 aromatic rings. The minimum Gasteiger partial charge on any atom is -0.488 e. The molecule has 1 amide bonds. The van der Waals surface area contributed by atoms with Crippen molar-refractivity contribution in [2.24, 2.45) is 0 Å². The van der Waals surface area contributed by atoms with Crippen molar-refractivity contribution in [2.45, 2.75) is 45.4 Å². The molecule has 2 heterocycles. The second-order valence-corrected chi connectivity index (χ2v) is 7.34. The van der Waals surface area contributed by atoms with Gasteiger partial charge < -0.3 is 9.64 Å². The minimum atomic E-state index is 0.175. The molecule has 1 aromatic heterocycles.